The van der Waals surface area contributed by atoms with Gasteiger partial charge in [0, 0.05) is 6.08 Å². The standard InChI is InChI=1S/C6H6FN3.CH5N/c7-3-1-5(9)6(10)2-4(3)8;1-2/h1-2,8-9H,10H2;2H2,1H3. The molecule has 0 heterocycles. The summed E-state index contributed by atoms with van der Waals surface area (Å²) >= 11 is 0. The predicted molar refractivity (Wildman–Crippen MR) is 47.0 cm³/mol. The molecule has 0 amide bonds. The van der Waals surface area contributed by atoms with Crippen molar-refractivity contribution >= 4 is 11.4 Å². The van der Waals surface area contributed by atoms with E-state index in [4.69, 9.17) is 16.6 Å². The Morgan fingerprint density at radius 2 is 1.67 bits per heavy atom. The summed E-state index contributed by atoms with van der Waals surface area (Å²) in [6, 6.07) is 0. The molecule has 0 atom stereocenters. The fourth-order valence-electron chi connectivity index (χ4n) is 0.590. The summed E-state index contributed by atoms with van der Waals surface area (Å²) in [7, 11) is 1.50. The molecule has 0 bridgehead atoms. The number of nitrogens with one attached hydrogen (secondary N) is 2. The molecule has 1 rings (SSSR count). The van der Waals surface area contributed by atoms with E-state index in [-0.39, 0.29) is 17.1 Å². The average molecular weight is 170 g/mol. The molecule has 0 spiro atoms. The molecule has 0 radical (unpaired) electrons. The highest BCUT2D eigenvalue weighted by molar-refractivity contribution is 6.20. The third-order valence-corrected chi connectivity index (χ3v) is 1.14. The Hall–Kier alpha value is -1.49. The Labute approximate surface area is 69.8 Å². The van der Waals surface area contributed by atoms with E-state index in [1.54, 1.807) is 0 Å². The van der Waals surface area contributed by atoms with Crippen LogP contribution in [0.1, 0.15) is 0 Å². The first-order valence-electron chi connectivity index (χ1n) is 3.21. The predicted octanol–water partition coefficient (Wildman–Crippen LogP) is 0.310. The van der Waals surface area contributed by atoms with Crippen LogP contribution in [-0.4, -0.2) is 18.5 Å². The van der Waals surface area contributed by atoms with Crippen LogP contribution in [0.15, 0.2) is 23.7 Å². The van der Waals surface area contributed by atoms with Crippen molar-refractivity contribution in [3.05, 3.63) is 23.7 Å². The van der Waals surface area contributed by atoms with Gasteiger partial charge in [-0.2, -0.15) is 0 Å². The van der Waals surface area contributed by atoms with Crippen LogP contribution in [0.25, 0.3) is 0 Å². The quantitative estimate of drug-likeness (QED) is 0.393. The molecular formula is C7H11FN4. The maximum Gasteiger partial charge on any atom is 0.150 e. The minimum atomic E-state index is -0.709. The lowest BCUT2D eigenvalue weighted by molar-refractivity contribution is 0.681. The van der Waals surface area contributed by atoms with Crippen LogP contribution in [0.2, 0.25) is 0 Å². The molecular weight excluding hydrogens is 159 g/mol. The van der Waals surface area contributed by atoms with Gasteiger partial charge < -0.3 is 11.5 Å². The van der Waals surface area contributed by atoms with Crippen LogP contribution in [0.4, 0.5) is 4.39 Å². The van der Waals surface area contributed by atoms with E-state index in [9.17, 15) is 4.39 Å². The number of allylic oxidation sites excluding steroid dienone is 3. The van der Waals surface area contributed by atoms with Crippen LogP contribution in [0, 0.1) is 10.8 Å². The highest BCUT2D eigenvalue weighted by Gasteiger charge is 2.11. The van der Waals surface area contributed by atoms with Crippen molar-refractivity contribution in [2.45, 2.75) is 0 Å². The van der Waals surface area contributed by atoms with Crippen LogP contribution in [0.3, 0.4) is 0 Å². The van der Waals surface area contributed by atoms with Crippen molar-refractivity contribution in [3.63, 3.8) is 0 Å². The fourth-order valence-corrected chi connectivity index (χ4v) is 0.590. The smallest absolute Gasteiger partial charge is 0.150 e. The molecule has 0 fully saturated rings. The lowest BCUT2D eigenvalue weighted by Crippen LogP contribution is -2.15. The molecule has 0 aromatic rings. The lowest BCUT2D eigenvalue weighted by Gasteiger charge is -2.05. The van der Waals surface area contributed by atoms with E-state index in [0.29, 0.717) is 0 Å². The second kappa shape index (κ2) is 4.40. The maximum atomic E-state index is 12.4. The Kier molecular flexibility index (Phi) is 3.85. The van der Waals surface area contributed by atoms with Crippen molar-refractivity contribution in [2.75, 3.05) is 7.05 Å². The largest absolute Gasteiger partial charge is 0.397 e. The summed E-state index contributed by atoms with van der Waals surface area (Å²) in [5.74, 6) is -0.709. The van der Waals surface area contributed by atoms with Gasteiger partial charge in [0.25, 0.3) is 0 Å². The maximum absolute atomic E-state index is 12.4. The monoisotopic (exact) mass is 170 g/mol. The molecule has 0 aliphatic heterocycles. The van der Waals surface area contributed by atoms with Gasteiger partial charge in [0.05, 0.1) is 17.1 Å². The molecule has 1 aliphatic rings. The second-order valence-corrected chi connectivity index (χ2v) is 1.92. The first-order chi connectivity index (χ1) is 5.61. The molecule has 5 heteroatoms. The number of hydrogen-bond acceptors (Lipinski definition) is 4. The van der Waals surface area contributed by atoms with Gasteiger partial charge in [0.1, 0.15) is 5.83 Å². The molecule has 4 nitrogen and oxygen atoms in total. The highest BCUT2D eigenvalue weighted by Crippen LogP contribution is 2.08. The molecule has 0 aromatic heterocycles. The van der Waals surface area contributed by atoms with Gasteiger partial charge >= 0.3 is 0 Å². The number of nitrogens with two attached hydrogens (primary N) is 2. The van der Waals surface area contributed by atoms with E-state index in [1.807, 2.05) is 0 Å². The van der Waals surface area contributed by atoms with Crippen molar-refractivity contribution in [2.24, 2.45) is 11.5 Å². The molecule has 6 N–H and O–H groups in total. The third kappa shape index (κ3) is 2.28. The average Bonchev–Trinajstić information content (AvgIpc) is 2.05. The van der Waals surface area contributed by atoms with Gasteiger partial charge in [-0.1, -0.05) is 0 Å². The summed E-state index contributed by atoms with van der Waals surface area (Å²) in [5.41, 5.74) is 9.50. The van der Waals surface area contributed by atoms with Crippen molar-refractivity contribution in [3.8, 4) is 0 Å². The minimum Gasteiger partial charge on any atom is -0.397 e. The molecule has 66 valence electrons. The van der Waals surface area contributed by atoms with E-state index in [1.165, 1.54) is 7.05 Å². The van der Waals surface area contributed by atoms with Gasteiger partial charge in [0.2, 0.25) is 0 Å². The van der Waals surface area contributed by atoms with Gasteiger partial charge in [-0.15, -0.1) is 0 Å². The van der Waals surface area contributed by atoms with Crippen LogP contribution >= 0.6 is 0 Å². The van der Waals surface area contributed by atoms with E-state index in [0.717, 1.165) is 12.2 Å². The molecule has 1 aliphatic carbocycles. The SMILES string of the molecule is CN.N=C1C=C(F)C(=N)C=C1N. The zero-order chi connectivity index (χ0) is 9.72. The Balaban J connectivity index is 0.000000561. The molecule has 0 aromatic carbocycles. The van der Waals surface area contributed by atoms with E-state index in [2.05, 4.69) is 5.73 Å². The van der Waals surface area contributed by atoms with E-state index < -0.39 is 5.83 Å². The number of halogens is 1. The molecule has 0 saturated carbocycles. The minimum absolute atomic E-state index is 0.0755. The van der Waals surface area contributed by atoms with Gasteiger partial charge in [-0.25, -0.2) is 4.39 Å². The summed E-state index contributed by atoms with van der Waals surface area (Å²) in [5, 5.41) is 13.9. The van der Waals surface area contributed by atoms with Crippen LogP contribution < -0.4 is 11.5 Å². The summed E-state index contributed by atoms with van der Waals surface area (Å²) in [6.07, 6.45) is 2.05. The van der Waals surface area contributed by atoms with Crippen LogP contribution in [-0.2, 0) is 0 Å². The zero-order valence-corrected chi connectivity index (χ0v) is 6.69. The Morgan fingerprint density at radius 1 is 1.17 bits per heavy atom. The zero-order valence-electron chi connectivity index (χ0n) is 6.69. The molecule has 0 saturated heterocycles. The Morgan fingerprint density at radius 3 is 2.08 bits per heavy atom. The second-order valence-electron chi connectivity index (χ2n) is 1.92. The third-order valence-electron chi connectivity index (χ3n) is 1.14. The normalized spacial score (nSPS) is 15.9. The first kappa shape index (κ1) is 10.5. The van der Waals surface area contributed by atoms with Gasteiger partial charge in [0.15, 0.2) is 0 Å². The topological polar surface area (TPSA) is 99.7 Å². The lowest BCUT2D eigenvalue weighted by atomic mass is 10.1. The van der Waals surface area contributed by atoms with Crippen molar-refractivity contribution in [1.82, 2.24) is 0 Å². The number of hydrogen-bond donors (Lipinski definition) is 4. The first-order valence-corrected chi connectivity index (χ1v) is 3.21. The van der Waals surface area contributed by atoms with Gasteiger partial charge in [-0.3, -0.25) is 10.8 Å². The Bertz CT molecular complexity index is 237. The van der Waals surface area contributed by atoms with Crippen molar-refractivity contribution in [1.29, 1.82) is 10.8 Å². The van der Waals surface area contributed by atoms with Crippen molar-refractivity contribution < 1.29 is 4.39 Å². The molecule has 12 heavy (non-hydrogen) atoms. The van der Waals surface area contributed by atoms with Crippen LogP contribution in [0.5, 0.6) is 0 Å². The summed E-state index contributed by atoms with van der Waals surface area (Å²) < 4.78 is 12.4. The highest BCUT2D eigenvalue weighted by atomic mass is 19.1. The van der Waals surface area contributed by atoms with Gasteiger partial charge in [-0.05, 0) is 13.1 Å². The summed E-state index contributed by atoms with van der Waals surface area (Å²) in [6.45, 7) is 0. The fraction of sp³-hybridized carbons (Fsp3) is 0.143. The van der Waals surface area contributed by atoms with E-state index >= 15 is 0 Å². The number of rotatable bonds is 0. The molecule has 0 unspecified atom stereocenters. The summed E-state index contributed by atoms with van der Waals surface area (Å²) in [4.78, 5) is 0.